The number of hydrogen-bond donors (Lipinski definition) is 2. The molecule has 9 nitrogen and oxygen atoms in total. The van der Waals surface area contributed by atoms with Crippen molar-refractivity contribution in [1.29, 1.82) is 0 Å². The third-order valence-corrected chi connectivity index (χ3v) is 5.79. The number of rotatable bonds is 7. The van der Waals surface area contributed by atoms with Gasteiger partial charge in [0, 0.05) is 11.6 Å². The molecule has 0 spiro atoms. The van der Waals surface area contributed by atoms with Gasteiger partial charge in [-0.05, 0) is 46.5 Å². The van der Waals surface area contributed by atoms with Crippen LogP contribution in [0.25, 0.3) is 22.5 Å². The molecule has 1 fully saturated rings. The number of carbonyl (C=O) groups is 2. The molecule has 15 heteroatoms. The zero-order valence-corrected chi connectivity index (χ0v) is 19.8. The number of halogens is 6. The summed E-state index contributed by atoms with van der Waals surface area (Å²) in [5, 5.41) is 15.6. The number of carbonyl (C=O) groups excluding carboxylic acids is 2. The van der Waals surface area contributed by atoms with Crippen LogP contribution in [0.1, 0.15) is 5.56 Å². The largest absolute Gasteiger partial charge is 0.471 e. The van der Waals surface area contributed by atoms with Gasteiger partial charge in [0.25, 0.3) is 5.91 Å². The standard InChI is InChI=1S/C22H18ClF5N6O3/c1-34-32-18(31-33-34)17-14(7-13(23)8-16(17)25)12-3-2-11(15(24)6-12)4-5-29-19(35)21(9-37-10-21)30-20(36)22(26,27)28/h2-3,6-8H,4-5,9-10H2,1H3,(H,29,35)(H,30,36). The first-order chi connectivity index (χ1) is 17.4. The molecule has 0 radical (unpaired) electrons. The van der Waals surface area contributed by atoms with Gasteiger partial charge in [0.15, 0.2) is 5.54 Å². The summed E-state index contributed by atoms with van der Waals surface area (Å²) >= 11 is 6.01. The van der Waals surface area contributed by atoms with Crippen molar-refractivity contribution in [1.82, 2.24) is 30.8 Å². The Kier molecular flexibility index (Phi) is 7.15. The van der Waals surface area contributed by atoms with Crippen LogP contribution in [0.2, 0.25) is 5.02 Å². The third kappa shape index (κ3) is 5.54. The number of nitrogens with one attached hydrogen (secondary N) is 2. The number of alkyl halides is 3. The van der Waals surface area contributed by atoms with Crippen molar-refractivity contribution in [2.45, 2.75) is 18.1 Å². The van der Waals surface area contributed by atoms with E-state index in [0.29, 0.717) is 0 Å². The average Bonchev–Trinajstić information content (AvgIpc) is 3.21. The number of tetrazole rings is 1. The third-order valence-electron chi connectivity index (χ3n) is 5.57. The Balaban J connectivity index is 1.48. The number of nitrogens with zero attached hydrogens (tertiary/aromatic N) is 4. The first-order valence-corrected chi connectivity index (χ1v) is 11.0. The molecule has 4 rings (SSSR count). The normalized spacial score (nSPS) is 14.7. The summed E-state index contributed by atoms with van der Waals surface area (Å²) in [6.45, 7) is -0.995. The fourth-order valence-corrected chi connectivity index (χ4v) is 3.87. The van der Waals surface area contributed by atoms with E-state index in [-0.39, 0.29) is 46.1 Å². The van der Waals surface area contributed by atoms with Crippen molar-refractivity contribution in [3.8, 4) is 22.5 Å². The minimum Gasteiger partial charge on any atom is -0.375 e. The van der Waals surface area contributed by atoms with Gasteiger partial charge in [0.2, 0.25) is 5.82 Å². The maximum Gasteiger partial charge on any atom is 0.471 e. The van der Waals surface area contributed by atoms with E-state index in [9.17, 15) is 31.5 Å². The van der Waals surface area contributed by atoms with E-state index in [1.807, 2.05) is 0 Å². The SMILES string of the molecule is Cn1nnc(-c2c(F)cc(Cl)cc2-c2ccc(CCNC(=O)C3(NC(=O)C(F)(F)F)COC3)c(F)c2)n1. The van der Waals surface area contributed by atoms with Gasteiger partial charge < -0.3 is 15.4 Å². The van der Waals surface area contributed by atoms with E-state index in [1.165, 1.54) is 25.2 Å². The molecule has 0 aliphatic carbocycles. The maximum absolute atomic E-state index is 14.9. The van der Waals surface area contributed by atoms with Crippen LogP contribution in [0.4, 0.5) is 22.0 Å². The Bertz CT molecular complexity index is 1360. The number of amides is 2. The molecule has 2 aromatic carbocycles. The minimum atomic E-state index is -5.16. The summed E-state index contributed by atoms with van der Waals surface area (Å²) in [4.78, 5) is 24.8. The molecule has 2 amide bonds. The van der Waals surface area contributed by atoms with Gasteiger partial charge in [-0.2, -0.15) is 18.0 Å². The molecule has 196 valence electrons. The van der Waals surface area contributed by atoms with Crippen LogP contribution in [0.3, 0.4) is 0 Å². The number of ether oxygens (including phenoxy) is 1. The summed E-state index contributed by atoms with van der Waals surface area (Å²) in [5.41, 5.74) is -1.20. The molecule has 0 bridgehead atoms. The summed E-state index contributed by atoms with van der Waals surface area (Å²) < 4.78 is 72.2. The van der Waals surface area contributed by atoms with Crippen LogP contribution in [0, 0.1) is 11.6 Å². The van der Waals surface area contributed by atoms with E-state index in [4.69, 9.17) is 16.3 Å². The molecule has 1 saturated heterocycles. The van der Waals surface area contributed by atoms with Gasteiger partial charge in [0.1, 0.15) is 11.6 Å². The molecular weight excluding hydrogens is 527 g/mol. The predicted molar refractivity (Wildman–Crippen MR) is 119 cm³/mol. The van der Waals surface area contributed by atoms with Crippen LogP contribution < -0.4 is 10.6 Å². The monoisotopic (exact) mass is 544 g/mol. The highest BCUT2D eigenvalue weighted by atomic mass is 35.5. The van der Waals surface area contributed by atoms with Crippen molar-refractivity contribution in [3.63, 3.8) is 0 Å². The average molecular weight is 545 g/mol. The summed E-state index contributed by atoms with van der Waals surface area (Å²) in [5.74, 6) is -4.58. The zero-order chi connectivity index (χ0) is 27.0. The van der Waals surface area contributed by atoms with Gasteiger partial charge in [-0.1, -0.05) is 23.7 Å². The molecule has 2 N–H and O–H groups in total. The lowest BCUT2D eigenvalue weighted by Gasteiger charge is -2.40. The van der Waals surface area contributed by atoms with E-state index in [1.54, 1.807) is 5.32 Å². The molecule has 1 aliphatic rings. The number of benzene rings is 2. The highest BCUT2D eigenvalue weighted by molar-refractivity contribution is 6.31. The molecule has 37 heavy (non-hydrogen) atoms. The molecular formula is C22H18ClF5N6O3. The lowest BCUT2D eigenvalue weighted by Crippen LogP contribution is -2.71. The summed E-state index contributed by atoms with van der Waals surface area (Å²) in [6, 6.07) is 6.57. The highest BCUT2D eigenvalue weighted by Crippen LogP contribution is 2.35. The second-order valence-corrected chi connectivity index (χ2v) is 8.69. The molecule has 0 unspecified atom stereocenters. The van der Waals surface area contributed by atoms with Crippen molar-refractivity contribution in [2.24, 2.45) is 7.05 Å². The van der Waals surface area contributed by atoms with E-state index >= 15 is 0 Å². The van der Waals surface area contributed by atoms with Crippen molar-refractivity contribution < 1.29 is 36.3 Å². The highest BCUT2D eigenvalue weighted by Gasteiger charge is 2.52. The Morgan fingerprint density at radius 2 is 1.89 bits per heavy atom. The molecule has 1 aromatic heterocycles. The van der Waals surface area contributed by atoms with Crippen molar-refractivity contribution in [2.75, 3.05) is 19.8 Å². The molecule has 2 heterocycles. The van der Waals surface area contributed by atoms with Gasteiger partial charge in [-0.3, -0.25) is 9.59 Å². The fourth-order valence-electron chi connectivity index (χ4n) is 3.66. The zero-order valence-electron chi connectivity index (χ0n) is 19.0. The first-order valence-electron chi connectivity index (χ1n) is 10.7. The van der Waals surface area contributed by atoms with Crippen LogP contribution in [-0.2, 0) is 27.8 Å². The molecule has 3 aromatic rings. The molecule has 0 atom stereocenters. The van der Waals surface area contributed by atoms with Crippen LogP contribution >= 0.6 is 11.6 Å². The smallest absolute Gasteiger partial charge is 0.375 e. The lowest BCUT2D eigenvalue weighted by atomic mass is 9.95. The summed E-state index contributed by atoms with van der Waals surface area (Å²) in [6.07, 6.45) is -5.19. The predicted octanol–water partition coefficient (Wildman–Crippen LogP) is 2.58. The second kappa shape index (κ2) is 10.0. The molecule has 0 saturated carbocycles. The number of aromatic nitrogens is 4. The topological polar surface area (TPSA) is 111 Å². The second-order valence-electron chi connectivity index (χ2n) is 8.25. The van der Waals surface area contributed by atoms with Gasteiger partial charge >= 0.3 is 12.1 Å². The lowest BCUT2D eigenvalue weighted by molar-refractivity contribution is -0.183. The van der Waals surface area contributed by atoms with Crippen LogP contribution in [-0.4, -0.2) is 63.5 Å². The Morgan fingerprint density at radius 1 is 1.16 bits per heavy atom. The molecule has 1 aliphatic heterocycles. The minimum absolute atomic E-state index is 0.0224. The number of hydrogen-bond acceptors (Lipinski definition) is 6. The number of aryl methyl sites for hydroxylation is 1. The first kappa shape index (κ1) is 26.4. The van der Waals surface area contributed by atoms with Gasteiger partial charge in [0.05, 0.1) is 25.8 Å². The van der Waals surface area contributed by atoms with Crippen molar-refractivity contribution in [3.05, 3.63) is 52.6 Å². The van der Waals surface area contributed by atoms with Crippen LogP contribution in [0.5, 0.6) is 0 Å². The Hall–Kier alpha value is -3.65. The Labute approximate surface area is 210 Å². The van der Waals surface area contributed by atoms with Gasteiger partial charge in [-0.25, -0.2) is 8.78 Å². The van der Waals surface area contributed by atoms with Crippen LogP contribution in [0.15, 0.2) is 30.3 Å². The fraction of sp³-hybridized carbons (Fsp3) is 0.318. The summed E-state index contributed by atoms with van der Waals surface area (Å²) in [7, 11) is 1.50. The quantitative estimate of drug-likeness (QED) is 0.442. The van der Waals surface area contributed by atoms with E-state index < -0.39 is 48.4 Å². The Morgan fingerprint density at radius 3 is 2.46 bits per heavy atom. The maximum atomic E-state index is 14.9. The van der Waals surface area contributed by atoms with Crippen molar-refractivity contribution >= 4 is 23.4 Å². The van der Waals surface area contributed by atoms with E-state index in [2.05, 4.69) is 20.7 Å². The van der Waals surface area contributed by atoms with E-state index in [0.717, 1.165) is 16.9 Å². The van der Waals surface area contributed by atoms with Gasteiger partial charge in [-0.15, -0.1) is 10.2 Å².